The Morgan fingerprint density at radius 2 is 1.62 bits per heavy atom. The van der Waals surface area contributed by atoms with Crippen molar-refractivity contribution in [1.82, 2.24) is 5.32 Å². The zero-order chi connectivity index (χ0) is 21.6. The van der Waals surface area contributed by atoms with Gasteiger partial charge in [-0.1, -0.05) is 47.5 Å². The van der Waals surface area contributed by atoms with Gasteiger partial charge >= 0.3 is 5.97 Å². The summed E-state index contributed by atoms with van der Waals surface area (Å²) in [5.74, 6) is -2.13. The Bertz CT molecular complexity index is 838. The molecule has 0 aromatic heterocycles. The lowest BCUT2D eigenvalue weighted by atomic mass is 9.96. The van der Waals surface area contributed by atoms with Gasteiger partial charge in [0, 0.05) is 17.2 Å². The molecule has 0 aliphatic heterocycles. The number of methoxy groups -OCH3 is 1. The molecule has 4 N–H and O–H groups in total. The Hall–Kier alpha value is -2.16. The predicted molar refractivity (Wildman–Crippen MR) is 109 cm³/mol. The van der Waals surface area contributed by atoms with E-state index >= 15 is 0 Å². The molecule has 0 bridgehead atoms. The summed E-state index contributed by atoms with van der Waals surface area (Å²) in [4.78, 5) is 22.8. The molecule has 1 amide bonds. The summed E-state index contributed by atoms with van der Waals surface area (Å²) in [6, 6.07) is 11.3. The Morgan fingerprint density at radius 3 is 2.14 bits per heavy atom. The number of aliphatic carboxylic acids is 1. The molecule has 0 aliphatic rings. The molecule has 156 valence electrons. The second-order valence-electron chi connectivity index (χ2n) is 6.44. The number of carboxylic acids is 1. The van der Waals surface area contributed by atoms with Crippen LogP contribution in [0.5, 0.6) is 0 Å². The molecule has 0 aliphatic carbocycles. The number of aliphatic hydroxyl groups excluding tert-OH is 2. The number of hydrogen-bond acceptors (Lipinski definition) is 5. The highest BCUT2D eigenvalue weighted by Gasteiger charge is 2.32. The van der Waals surface area contributed by atoms with Crippen molar-refractivity contribution < 1.29 is 29.6 Å². The lowest BCUT2D eigenvalue weighted by Crippen LogP contribution is -2.52. The topological polar surface area (TPSA) is 116 Å². The van der Waals surface area contributed by atoms with Gasteiger partial charge in [0.25, 0.3) is 0 Å². The van der Waals surface area contributed by atoms with E-state index in [1.807, 2.05) is 12.1 Å². The minimum Gasteiger partial charge on any atom is -0.479 e. The lowest BCUT2D eigenvalue weighted by Gasteiger charge is -2.26. The number of carboxylic acid groups (broad SMARTS) is 1. The van der Waals surface area contributed by atoms with Gasteiger partial charge in [0.05, 0.1) is 6.04 Å². The second-order valence-corrected chi connectivity index (χ2v) is 7.31. The van der Waals surface area contributed by atoms with Crippen molar-refractivity contribution >= 4 is 35.1 Å². The Morgan fingerprint density at radius 1 is 1.03 bits per heavy atom. The van der Waals surface area contributed by atoms with Crippen molar-refractivity contribution in [3.63, 3.8) is 0 Å². The highest BCUT2D eigenvalue weighted by molar-refractivity contribution is 6.35. The van der Waals surface area contributed by atoms with Gasteiger partial charge in [-0.3, -0.25) is 4.79 Å². The molecular weight excluding hydrogens is 421 g/mol. The summed E-state index contributed by atoms with van der Waals surface area (Å²) < 4.78 is 4.73. The fourth-order valence-electron chi connectivity index (χ4n) is 2.81. The van der Waals surface area contributed by atoms with Gasteiger partial charge in [-0.25, -0.2) is 4.79 Å². The van der Waals surface area contributed by atoms with Crippen molar-refractivity contribution in [2.75, 3.05) is 13.7 Å². The Labute approximate surface area is 177 Å². The molecule has 2 aromatic carbocycles. The third-order valence-corrected chi connectivity index (χ3v) is 4.65. The summed E-state index contributed by atoms with van der Waals surface area (Å²) in [5, 5.41) is 32.3. The van der Waals surface area contributed by atoms with Gasteiger partial charge in [-0.2, -0.15) is 0 Å². The molecule has 2 rings (SSSR count). The number of aliphatic hydroxyl groups is 2. The van der Waals surface area contributed by atoms with Crippen LogP contribution in [-0.2, 0) is 20.7 Å². The number of hydrogen-bond donors (Lipinski definition) is 4. The first-order chi connectivity index (χ1) is 13.7. The summed E-state index contributed by atoms with van der Waals surface area (Å²) in [6.07, 6.45) is -3.66. The minimum absolute atomic E-state index is 0.0948. The van der Waals surface area contributed by atoms with Crippen molar-refractivity contribution in [2.45, 2.75) is 24.7 Å². The number of carbonyl (C=O) groups is 2. The summed E-state index contributed by atoms with van der Waals surface area (Å²) >= 11 is 12.1. The Balaban J connectivity index is 2.20. The molecule has 0 spiro atoms. The van der Waals surface area contributed by atoms with Crippen molar-refractivity contribution in [1.29, 1.82) is 0 Å². The molecule has 2 aromatic rings. The van der Waals surface area contributed by atoms with E-state index in [-0.39, 0.29) is 13.0 Å². The standard InChI is InChI=1S/C20H21Cl2NO6/c1-29-10-17(24)23-16(18(25)19(26)20(27)28)6-11-2-4-12(5-3-11)13-7-14(21)9-15(22)8-13/h2-5,7-9,16,18-19,25-26H,6,10H2,1H3,(H,23,24)(H,27,28)/t16-,18-,19+/m0/s1. The van der Waals surface area contributed by atoms with Gasteiger partial charge in [0.15, 0.2) is 6.10 Å². The van der Waals surface area contributed by atoms with Crippen LogP contribution in [0.25, 0.3) is 11.1 Å². The van der Waals surface area contributed by atoms with Gasteiger partial charge in [0.1, 0.15) is 12.7 Å². The molecular formula is C20H21Cl2NO6. The van der Waals surface area contributed by atoms with Crippen LogP contribution >= 0.6 is 23.2 Å². The first kappa shape index (κ1) is 23.1. The molecule has 29 heavy (non-hydrogen) atoms. The number of amides is 1. The van der Waals surface area contributed by atoms with Crippen LogP contribution in [0.4, 0.5) is 0 Å². The monoisotopic (exact) mass is 441 g/mol. The van der Waals surface area contributed by atoms with E-state index in [1.165, 1.54) is 7.11 Å². The molecule has 0 fully saturated rings. The summed E-state index contributed by atoms with van der Waals surface area (Å²) in [7, 11) is 1.33. The van der Waals surface area contributed by atoms with Gasteiger partial charge in [0.2, 0.25) is 5.91 Å². The van der Waals surface area contributed by atoms with Gasteiger partial charge < -0.3 is 25.4 Å². The van der Waals surface area contributed by atoms with E-state index in [9.17, 15) is 19.8 Å². The maximum atomic E-state index is 11.8. The molecule has 0 saturated heterocycles. The van der Waals surface area contributed by atoms with E-state index in [1.54, 1.807) is 30.3 Å². The summed E-state index contributed by atoms with van der Waals surface area (Å²) in [5.41, 5.74) is 2.38. The molecule has 0 saturated carbocycles. The van der Waals surface area contributed by atoms with Crippen LogP contribution in [0, 0.1) is 0 Å². The number of nitrogens with one attached hydrogen (secondary N) is 1. The largest absolute Gasteiger partial charge is 0.479 e. The molecule has 0 heterocycles. The van der Waals surface area contributed by atoms with Gasteiger partial charge in [-0.15, -0.1) is 0 Å². The third kappa shape index (κ3) is 6.69. The van der Waals surface area contributed by atoms with E-state index in [2.05, 4.69) is 5.32 Å². The highest BCUT2D eigenvalue weighted by Crippen LogP contribution is 2.27. The fourth-order valence-corrected chi connectivity index (χ4v) is 3.34. The van der Waals surface area contributed by atoms with Crippen LogP contribution in [0.1, 0.15) is 5.56 Å². The average Bonchev–Trinajstić information content (AvgIpc) is 2.66. The van der Waals surface area contributed by atoms with E-state index in [0.717, 1.165) is 11.1 Å². The number of halogens is 2. The van der Waals surface area contributed by atoms with Crippen molar-refractivity contribution in [3.05, 3.63) is 58.1 Å². The smallest absolute Gasteiger partial charge is 0.335 e. The maximum absolute atomic E-state index is 11.8. The van der Waals surface area contributed by atoms with E-state index < -0.39 is 30.1 Å². The minimum atomic E-state index is -2.05. The lowest BCUT2D eigenvalue weighted by molar-refractivity contribution is -0.154. The Kier molecular flexibility index (Phi) is 8.43. The zero-order valence-corrected chi connectivity index (χ0v) is 17.0. The van der Waals surface area contributed by atoms with Crippen LogP contribution in [0.2, 0.25) is 10.0 Å². The normalized spacial score (nSPS) is 14.1. The third-order valence-electron chi connectivity index (χ3n) is 4.22. The van der Waals surface area contributed by atoms with Crippen molar-refractivity contribution in [2.24, 2.45) is 0 Å². The zero-order valence-electron chi connectivity index (χ0n) is 15.5. The van der Waals surface area contributed by atoms with Crippen LogP contribution in [-0.4, -0.2) is 59.2 Å². The molecule has 9 heteroatoms. The maximum Gasteiger partial charge on any atom is 0.335 e. The first-order valence-electron chi connectivity index (χ1n) is 8.64. The molecule has 0 unspecified atom stereocenters. The summed E-state index contributed by atoms with van der Waals surface area (Å²) in [6.45, 7) is -0.263. The number of carbonyl (C=O) groups excluding carboxylic acids is 1. The second kappa shape index (κ2) is 10.6. The first-order valence-corrected chi connectivity index (χ1v) is 9.39. The van der Waals surface area contributed by atoms with Crippen LogP contribution < -0.4 is 5.32 Å². The fraction of sp³-hybridized carbons (Fsp3) is 0.300. The van der Waals surface area contributed by atoms with Crippen LogP contribution in [0.15, 0.2) is 42.5 Å². The molecule has 0 radical (unpaired) electrons. The average molecular weight is 442 g/mol. The van der Waals surface area contributed by atoms with Crippen LogP contribution in [0.3, 0.4) is 0 Å². The van der Waals surface area contributed by atoms with E-state index in [4.69, 9.17) is 33.0 Å². The quantitative estimate of drug-likeness (QED) is 0.473. The SMILES string of the molecule is COCC(=O)N[C@@H](Cc1ccc(-c2cc(Cl)cc(Cl)c2)cc1)[C@H](O)[C@@H](O)C(=O)O. The van der Waals surface area contributed by atoms with Gasteiger partial charge in [-0.05, 0) is 41.3 Å². The number of rotatable bonds is 9. The van der Waals surface area contributed by atoms with Crippen molar-refractivity contribution in [3.8, 4) is 11.1 Å². The van der Waals surface area contributed by atoms with E-state index in [0.29, 0.717) is 15.6 Å². The molecule has 3 atom stereocenters. The predicted octanol–water partition coefficient (Wildman–Crippen LogP) is 2.14. The number of benzene rings is 2. The molecule has 7 nitrogen and oxygen atoms in total. The highest BCUT2D eigenvalue weighted by atomic mass is 35.5. The number of ether oxygens (including phenoxy) is 1.